The van der Waals surface area contributed by atoms with Crippen molar-refractivity contribution >= 4 is 28.7 Å². The number of nitrogens with zero attached hydrogens (tertiary/aromatic N) is 3. The van der Waals surface area contributed by atoms with Crippen molar-refractivity contribution in [3.05, 3.63) is 121 Å². The molecule has 5 heterocycles. The highest BCUT2D eigenvalue weighted by molar-refractivity contribution is 6.34. The fourth-order valence-electron chi connectivity index (χ4n) is 8.23. The summed E-state index contributed by atoms with van der Waals surface area (Å²) in [7, 11) is 1.44. The predicted molar refractivity (Wildman–Crippen MR) is 194 cm³/mol. The molecule has 0 amide bonds. The molecule has 6 aliphatic rings. The van der Waals surface area contributed by atoms with Crippen molar-refractivity contribution in [2.75, 3.05) is 7.11 Å². The van der Waals surface area contributed by atoms with E-state index in [0.29, 0.717) is 25.0 Å². The predicted octanol–water partition coefficient (Wildman–Crippen LogP) is 8.86. The lowest BCUT2D eigenvalue weighted by molar-refractivity contribution is -0.140. The summed E-state index contributed by atoms with van der Waals surface area (Å²) in [5.41, 5.74) is 18.3. The summed E-state index contributed by atoms with van der Waals surface area (Å²) in [6.45, 7) is 15.1. The summed E-state index contributed by atoms with van der Waals surface area (Å²) >= 11 is 0. The number of aryl methyl sites for hydroxylation is 1. The van der Waals surface area contributed by atoms with Gasteiger partial charge in [0.2, 0.25) is 0 Å². The van der Waals surface area contributed by atoms with E-state index in [0.717, 1.165) is 97.5 Å². The monoisotopic (exact) mass is 640 g/mol. The lowest BCUT2D eigenvalue weighted by atomic mass is 9.83. The normalized spacial score (nSPS) is 23.3. The largest absolute Gasteiger partial charge is 0.511 e. The Hall–Kier alpha value is -4.78. The van der Waals surface area contributed by atoms with Crippen LogP contribution in [0.3, 0.4) is 0 Å². The van der Waals surface area contributed by atoms with Crippen molar-refractivity contribution in [3.8, 4) is 0 Å². The zero-order chi connectivity index (χ0) is 34.0. The van der Waals surface area contributed by atoms with E-state index in [1.54, 1.807) is 0 Å². The molecule has 1 fully saturated rings. The maximum absolute atomic E-state index is 12.5. The topological polar surface area (TPSA) is 95.6 Å². The lowest BCUT2D eigenvalue weighted by Gasteiger charge is -2.19. The van der Waals surface area contributed by atoms with Crippen molar-refractivity contribution < 1.29 is 14.6 Å². The second-order valence-electron chi connectivity index (χ2n) is 13.6. The zero-order valence-electron chi connectivity index (χ0n) is 29.3. The number of fused-ring (bicyclic) bond motifs is 5. The van der Waals surface area contributed by atoms with Crippen LogP contribution in [0, 0.1) is 18.8 Å². The van der Waals surface area contributed by atoms with E-state index in [2.05, 4.69) is 83.3 Å². The Balaban J connectivity index is 1.56. The van der Waals surface area contributed by atoms with Crippen LogP contribution in [-0.2, 0) is 9.53 Å². The second-order valence-corrected chi connectivity index (χ2v) is 13.6. The number of carbonyl (C=O) groups is 1. The minimum absolute atomic E-state index is 0.0204. The van der Waals surface area contributed by atoms with E-state index in [-0.39, 0.29) is 17.8 Å². The molecular weight excluding hydrogens is 596 g/mol. The maximum atomic E-state index is 12.5. The molecule has 2 atom stereocenters. The SMILES string of the molecule is CCC1=C(C)C2=NC1=CC1=C(C)C3=C(O)CC(=C4NC(=C(c5cccc(C)c5)C5=NC(=C2)C(CC)=C5C)[C@@H](C)[C@@H]4CCC(=O)OC)C3=N1. The Kier molecular flexibility index (Phi) is 7.97. The molecular formula is C41H44N4O3. The van der Waals surface area contributed by atoms with Crippen LogP contribution in [0.2, 0.25) is 0 Å². The number of nitrogens with one attached hydrogen (secondary N) is 1. The number of methoxy groups -OCH3 is 1. The molecule has 0 radical (unpaired) electrons. The van der Waals surface area contributed by atoms with Crippen LogP contribution in [0.25, 0.3) is 5.57 Å². The van der Waals surface area contributed by atoms with E-state index in [1.807, 2.05) is 6.92 Å². The fourth-order valence-corrected chi connectivity index (χ4v) is 8.23. The number of hydrogen-bond donors (Lipinski definition) is 2. The zero-order valence-corrected chi connectivity index (χ0v) is 29.3. The molecule has 1 saturated heterocycles. The molecule has 0 aromatic heterocycles. The third-order valence-corrected chi connectivity index (χ3v) is 10.9. The first-order valence-corrected chi connectivity index (χ1v) is 17.2. The maximum Gasteiger partial charge on any atom is 0.305 e. The summed E-state index contributed by atoms with van der Waals surface area (Å²) in [5.74, 6) is 0.107. The number of hydrogen-bond acceptors (Lipinski definition) is 7. The Morgan fingerprint density at radius 2 is 1.65 bits per heavy atom. The molecule has 0 saturated carbocycles. The smallest absolute Gasteiger partial charge is 0.305 e. The Morgan fingerprint density at radius 1 is 0.917 bits per heavy atom. The van der Waals surface area contributed by atoms with Gasteiger partial charge in [0.25, 0.3) is 0 Å². The number of aliphatic imine (C=N–C) groups is 3. The minimum atomic E-state index is -0.230. The number of rotatable bonds is 6. The molecule has 7 heteroatoms. The van der Waals surface area contributed by atoms with E-state index in [1.165, 1.54) is 23.8 Å². The quantitative estimate of drug-likeness (QED) is 0.304. The Bertz CT molecular complexity index is 2050. The highest BCUT2D eigenvalue weighted by Crippen LogP contribution is 2.48. The molecule has 7 nitrogen and oxygen atoms in total. The number of carbonyl (C=O) groups excluding carboxylic acids is 1. The first-order chi connectivity index (χ1) is 23.1. The molecule has 2 N–H and O–H groups in total. The Labute approximate surface area is 283 Å². The molecule has 0 unspecified atom stereocenters. The standard InChI is InChI=1S/C41H44N4O3/c1-9-26-21(4)30-18-33-27(10-2)22(5)38(44-33)37(25-13-11-12-20(3)16-25)39-23(6)28(14-15-35(47)48-8)40(45-39)29-17-34(46)36-24(7)31(43-41(29)36)19-32(26)42-30/h11-13,16,18-19,23,28,45-46H,9-10,14-15,17H2,1-8H3/t23-,28-/m0/s1. The number of esters is 1. The molecule has 8 bridgehead atoms. The fraction of sp³-hybridized carbons (Fsp3) is 0.366. The number of aliphatic hydroxyl groups excluding tert-OH is 1. The van der Waals surface area contributed by atoms with Gasteiger partial charge in [-0.05, 0) is 92.5 Å². The summed E-state index contributed by atoms with van der Waals surface area (Å²) in [5, 5.41) is 15.4. The Morgan fingerprint density at radius 3 is 2.35 bits per heavy atom. The van der Waals surface area contributed by atoms with Gasteiger partial charge in [-0.3, -0.25) is 4.79 Å². The van der Waals surface area contributed by atoms with E-state index in [4.69, 9.17) is 19.7 Å². The van der Waals surface area contributed by atoms with Crippen molar-refractivity contribution in [1.29, 1.82) is 0 Å². The van der Waals surface area contributed by atoms with Crippen LogP contribution < -0.4 is 5.32 Å². The molecule has 7 rings (SSSR count). The van der Waals surface area contributed by atoms with Gasteiger partial charge in [-0.1, -0.05) is 50.6 Å². The van der Waals surface area contributed by atoms with E-state index < -0.39 is 0 Å². The van der Waals surface area contributed by atoms with Gasteiger partial charge in [0.1, 0.15) is 5.76 Å². The summed E-state index contributed by atoms with van der Waals surface area (Å²) < 4.78 is 5.08. The number of ether oxygens (including phenoxy) is 1. The van der Waals surface area contributed by atoms with E-state index >= 15 is 0 Å². The molecule has 1 aliphatic carbocycles. The third-order valence-electron chi connectivity index (χ3n) is 10.9. The van der Waals surface area contributed by atoms with Gasteiger partial charge >= 0.3 is 5.97 Å². The molecule has 246 valence electrons. The molecule has 0 spiro atoms. The van der Waals surface area contributed by atoms with Gasteiger partial charge < -0.3 is 15.2 Å². The average molecular weight is 641 g/mol. The second kappa shape index (κ2) is 12.0. The van der Waals surface area contributed by atoms with Gasteiger partial charge in [-0.15, -0.1) is 0 Å². The molecule has 5 aliphatic heterocycles. The van der Waals surface area contributed by atoms with Crippen LogP contribution >= 0.6 is 0 Å². The highest BCUT2D eigenvalue weighted by Gasteiger charge is 2.43. The number of benzene rings is 1. The van der Waals surface area contributed by atoms with Crippen LogP contribution in [0.5, 0.6) is 0 Å². The summed E-state index contributed by atoms with van der Waals surface area (Å²) in [4.78, 5) is 28.3. The minimum Gasteiger partial charge on any atom is -0.511 e. The molecule has 1 aromatic carbocycles. The van der Waals surface area contributed by atoms with Crippen molar-refractivity contribution in [1.82, 2.24) is 5.32 Å². The first-order valence-electron chi connectivity index (χ1n) is 17.2. The number of aliphatic hydroxyl groups is 1. The average Bonchev–Trinajstić information content (AvgIpc) is 3.82. The number of allylic oxidation sites excluding steroid dienone is 12. The summed E-state index contributed by atoms with van der Waals surface area (Å²) in [6, 6.07) is 8.62. The van der Waals surface area contributed by atoms with Crippen molar-refractivity contribution in [2.24, 2.45) is 26.8 Å². The molecule has 48 heavy (non-hydrogen) atoms. The van der Waals surface area contributed by atoms with Gasteiger partial charge in [0, 0.05) is 52.8 Å². The van der Waals surface area contributed by atoms with Gasteiger partial charge in [0.05, 0.1) is 41.3 Å². The lowest BCUT2D eigenvalue weighted by Crippen LogP contribution is -2.16. The van der Waals surface area contributed by atoms with Crippen molar-refractivity contribution in [2.45, 2.75) is 80.6 Å². The highest BCUT2D eigenvalue weighted by atomic mass is 16.5. The van der Waals surface area contributed by atoms with E-state index in [9.17, 15) is 9.90 Å². The first kappa shape index (κ1) is 31.8. The van der Waals surface area contributed by atoms with Gasteiger partial charge in [-0.2, -0.15) is 0 Å². The van der Waals surface area contributed by atoms with Crippen molar-refractivity contribution in [3.63, 3.8) is 0 Å². The summed E-state index contributed by atoms with van der Waals surface area (Å²) in [6.07, 6.45) is 7.21. The van der Waals surface area contributed by atoms with Gasteiger partial charge in [-0.25, -0.2) is 15.0 Å². The van der Waals surface area contributed by atoms with Gasteiger partial charge in [0.15, 0.2) is 0 Å². The van der Waals surface area contributed by atoms with Crippen LogP contribution in [0.1, 0.15) is 84.8 Å². The molecule has 1 aromatic rings. The van der Waals surface area contributed by atoms with Crippen LogP contribution in [0.4, 0.5) is 0 Å². The third kappa shape index (κ3) is 4.94. The van der Waals surface area contributed by atoms with Crippen LogP contribution in [0.15, 0.2) is 125 Å². The van der Waals surface area contributed by atoms with Crippen LogP contribution in [-0.4, -0.2) is 35.3 Å².